The van der Waals surface area contributed by atoms with Crippen molar-refractivity contribution in [3.05, 3.63) is 40.9 Å². The number of likely N-dealkylation sites (tertiary alicyclic amines) is 1. The molecule has 2 aromatic rings. The van der Waals surface area contributed by atoms with Gasteiger partial charge in [-0.15, -0.1) is 0 Å². The molecule has 0 unspecified atom stereocenters. The average Bonchev–Trinajstić information content (AvgIpc) is 2.65. The third kappa shape index (κ3) is 4.27. The van der Waals surface area contributed by atoms with Crippen LogP contribution < -0.4 is 5.56 Å². The minimum Gasteiger partial charge on any atom is -0.460 e. The number of hydrogen-bond donors (Lipinski definition) is 0. The molecule has 8 heteroatoms. The van der Waals surface area contributed by atoms with E-state index in [-0.39, 0.29) is 30.2 Å². The van der Waals surface area contributed by atoms with E-state index in [9.17, 15) is 19.2 Å². The lowest BCUT2D eigenvalue weighted by atomic mass is 9.94. The van der Waals surface area contributed by atoms with Gasteiger partial charge in [0.15, 0.2) is 5.78 Å². The summed E-state index contributed by atoms with van der Waals surface area (Å²) in [6, 6.07) is 6.42. The summed E-state index contributed by atoms with van der Waals surface area (Å²) in [6.07, 6.45) is 2.15. The Morgan fingerprint density at radius 1 is 1.21 bits per heavy atom. The second-order valence-electron chi connectivity index (χ2n) is 7.01. The summed E-state index contributed by atoms with van der Waals surface area (Å²) < 4.78 is 6.62. The van der Waals surface area contributed by atoms with E-state index in [4.69, 9.17) is 4.74 Å². The van der Waals surface area contributed by atoms with Gasteiger partial charge in [-0.05, 0) is 25.0 Å². The first-order valence-electron chi connectivity index (χ1n) is 9.27. The smallest absolute Gasteiger partial charge is 0.302 e. The first kappa shape index (κ1) is 19.7. The van der Waals surface area contributed by atoms with Gasteiger partial charge in [0.25, 0.3) is 5.56 Å². The largest absolute Gasteiger partial charge is 0.460 e. The van der Waals surface area contributed by atoms with Gasteiger partial charge in [0.2, 0.25) is 5.91 Å². The number of rotatable bonds is 5. The van der Waals surface area contributed by atoms with Crippen LogP contribution >= 0.6 is 0 Å². The maximum atomic E-state index is 12.7. The van der Waals surface area contributed by atoms with Crippen molar-refractivity contribution < 1.29 is 19.1 Å². The summed E-state index contributed by atoms with van der Waals surface area (Å²) in [4.78, 5) is 54.5. The highest BCUT2D eigenvalue weighted by Crippen LogP contribution is 2.24. The number of Topliss-reactive ketones (excluding diaryl/α,β-unsaturated/α-hetero) is 1. The predicted octanol–water partition coefficient (Wildman–Crippen LogP) is 1.30. The van der Waals surface area contributed by atoms with E-state index in [0.29, 0.717) is 30.3 Å². The van der Waals surface area contributed by atoms with Gasteiger partial charge in [-0.25, -0.2) is 4.98 Å². The topological polar surface area (TPSA) is 98.6 Å². The van der Waals surface area contributed by atoms with E-state index < -0.39 is 18.1 Å². The molecule has 1 aromatic heterocycles. The number of carbonyl (C=O) groups excluding carboxylic acids is 3. The van der Waals surface area contributed by atoms with Crippen LogP contribution in [0.3, 0.4) is 0 Å². The number of piperidine rings is 1. The summed E-state index contributed by atoms with van der Waals surface area (Å²) in [5.41, 5.74) is 0.281. The molecule has 1 saturated heterocycles. The summed E-state index contributed by atoms with van der Waals surface area (Å²) in [5.74, 6) is -0.837. The molecule has 28 heavy (non-hydrogen) atoms. The lowest BCUT2D eigenvalue weighted by Crippen LogP contribution is -2.52. The Balaban J connectivity index is 1.79. The molecule has 1 aromatic carbocycles. The van der Waals surface area contributed by atoms with Crippen molar-refractivity contribution in [2.75, 3.05) is 6.54 Å². The second-order valence-corrected chi connectivity index (χ2v) is 7.01. The molecule has 0 N–H and O–H groups in total. The number of para-hydroxylation sites is 1. The minimum atomic E-state index is -0.523. The third-order valence-electron chi connectivity index (χ3n) is 4.95. The van der Waals surface area contributed by atoms with E-state index in [0.717, 1.165) is 0 Å². The molecule has 0 aliphatic carbocycles. The Labute approximate surface area is 162 Å². The number of benzene rings is 1. The van der Waals surface area contributed by atoms with Crippen molar-refractivity contribution in [1.29, 1.82) is 0 Å². The van der Waals surface area contributed by atoms with Crippen LogP contribution in [0, 0.1) is 0 Å². The normalized spacial score (nSPS) is 19.4. The van der Waals surface area contributed by atoms with Crippen molar-refractivity contribution in [1.82, 2.24) is 14.5 Å². The molecule has 2 atom stereocenters. The molecular weight excluding hydrogens is 362 g/mol. The van der Waals surface area contributed by atoms with Crippen LogP contribution in [-0.2, 0) is 25.7 Å². The lowest BCUT2D eigenvalue weighted by molar-refractivity contribution is -0.158. The van der Waals surface area contributed by atoms with Crippen LogP contribution in [0.5, 0.6) is 0 Å². The quantitative estimate of drug-likeness (QED) is 0.720. The van der Waals surface area contributed by atoms with Gasteiger partial charge in [0, 0.05) is 26.8 Å². The van der Waals surface area contributed by atoms with Crippen LogP contribution in [0.15, 0.2) is 35.4 Å². The average molecular weight is 385 g/mol. The zero-order chi connectivity index (χ0) is 20.3. The number of aromatic nitrogens is 2. The third-order valence-corrected chi connectivity index (χ3v) is 4.95. The molecule has 0 spiro atoms. The monoisotopic (exact) mass is 385 g/mol. The zero-order valence-corrected chi connectivity index (χ0v) is 16.0. The summed E-state index contributed by atoms with van der Waals surface area (Å²) in [7, 11) is 0. The number of hydrogen-bond acceptors (Lipinski definition) is 6. The molecule has 3 rings (SSSR count). The van der Waals surface area contributed by atoms with E-state index >= 15 is 0 Å². The number of ether oxygens (including phenoxy) is 1. The molecule has 2 heterocycles. The van der Waals surface area contributed by atoms with E-state index in [1.807, 2.05) is 0 Å². The van der Waals surface area contributed by atoms with Gasteiger partial charge in [0.1, 0.15) is 6.10 Å². The maximum Gasteiger partial charge on any atom is 0.302 e. The summed E-state index contributed by atoms with van der Waals surface area (Å²) in [6.45, 7) is 3.12. The van der Waals surface area contributed by atoms with E-state index in [2.05, 4.69) is 4.98 Å². The first-order chi connectivity index (χ1) is 13.4. The van der Waals surface area contributed by atoms with Crippen LogP contribution in [0.2, 0.25) is 0 Å². The number of fused-ring (bicyclic) bond motifs is 1. The number of amides is 1. The SMILES string of the molecule is CC(=O)O[C@H]1CCCN(C(C)=O)[C@@H]1CC(=O)Cn1cnc2ccccc2c1=O. The van der Waals surface area contributed by atoms with Crippen molar-refractivity contribution in [3.8, 4) is 0 Å². The number of esters is 1. The molecule has 148 valence electrons. The van der Waals surface area contributed by atoms with Crippen LogP contribution in [0.4, 0.5) is 0 Å². The molecule has 0 saturated carbocycles. The second kappa shape index (κ2) is 8.33. The van der Waals surface area contributed by atoms with Crippen molar-refractivity contribution in [3.63, 3.8) is 0 Å². The van der Waals surface area contributed by atoms with Crippen LogP contribution in [0.1, 0.15) is 33.1 Å². The Morgan fingerprint density at radius 2 is 1.96 bits per heavy atom. The summed E-state index contributed by atoms with van der Waals surface area (Å²) in [5, 5.41) is 0.443. The highest BCUT2D eigenvalue weighted by Gasteiger charge is 2.36. The molecular formula is C20H23N3O5. The molecule has 1 aliphatic heterocycles. The summed E-state index contributed by atoms with van der Waals surface area (Å²) >= 11 is 0. The molecule has 1 amide bonds. The van der Waals surface area contributed by atoms with Gasteiger partial charge in [-0.3, -0.25) is 23.7 Å². The number of ketones is 1. The van der Waals surface area contributed by atoms with Gasteiger partial charge >= 0.3 is 5.97 Å². The number of carbonyl (C=O) groups is 3. The Bertz CT molecular complexity index is 968. The number of nitrogens with zero attached hydrogens (tertiary/aromatic N) is 3. The fraction of sp³-hybridized carbons (Fsp3) is 0.450. The van der Waals surface area contributed by atoms with Gasteiger partial charge < -0.3 is 9.64 Å². The van der Waals surface area contributed by atoms with Gasteiger partial charge in [-0.1, -0.05) is 12.1 Å². The Morgan fingerprint density at radius 3 is 2.68 bits per heavy atom. The highest BCUT2D eigenvalue weighted by molar-refractivity contribution is 5.82. The van der Waals surface area contributed by atoms with Crippen molar-refractivity contribution in [2.45, 2.75) is 51.8 Å². The van der Waals surface area contributed by atoms with E-state index in [1.54, 1.807) is 29.2 Å². The maximum absolute atomic E-state index is 12.7. The van der Waals surface area contributed by atoms with Crippen molar-refractivity contribution in [2.24, 2.45) is 0 Å². The first-order valence-corrected chi connectivity index (χ1v) is 9.27. The van der Waals surface area contributed by atoms with Gasteiger partial charge in [0.05, 0.1) is 29.8 Å². The molecule has 1 aliphatic rings. The Hall–Kier alpha value is -3.03. The molecule has 8 nitrogen and oxygen atoms in total. The standard InChI is InChI=1S/C20H23N3O5/c1-13(24)23-9-5-8-19(28-14(2)25)18(23)10-15(26)11-22-12-21-17-7-4-3-6-16(17)20(22)27/h3-4,6-7,12,18-19H,5,8-11H2,1-2H3/t18-,19+/m1/s1. The fourth-order valence-electron chi connectivity index (χ4n) is 3.71. The minimum absolute atomic E-state index is 0.0107. The zero-order valence-electron chi connectivity index (χ0n) is 16.0. The van der Waals surface area contributed by atoms with Crippen molar-refractivity contribution >= 4 is 28.6 Å². The molecule has 0 bridgehead atoms. The lowest BCUT2D eigenvalue weighted by Gasteiger charge is -2.40. The Kier molecular flexibility index (Phi) is 5.87. The predicted molar refractivity (Wildman–Crippen MR) is 102 cm³/mol. The fourth-order valence-corrected chi connectivity index (χ4v) is 3.71. The van der Waals surface area contributed by atoms with Crippen LogP contribution in [-0.4, -0.2) is 50.8 Å². The van der Waals surface area contributed by atoms with E-state index in [1.165, 1.54) is 24.7 Å². The van der Waals surface area contributed by atoms with Gasteiger partial charge in [-0.2, -0.15) is 0 Å². The highest BCUT2D eigenvalue weighted by atomic mass is 16.5. The molecule has 1 fully saturated rings. The van der Waals surface area contributed by atoms with Crippen LogP contribution in [0.25, 0.3) is 10.9 Å². The molecule has 0 radical (unpaired) electrons.